The number of hydrogen-bond donors (Lipinski definition) is 1. The van der Waals surface area contributed by atoms with Gasteiger partial charge in [0.1, 0.15) is 5.82 Å². The van der Waals surface area contributed by atoms with Gasteiger partial charge in [-0.1, -0.05) is 27.7 Å². The molecule has 0 spiro atoms. The molecule has 112 valence electrons. The second-order valence-electron chi connectivity index (χ2n) is 6.25. The van der Waals surface area contributed by atoms with Crippen molar-refractivity contribution in [3.05, 3.63) is 23.4 Å². The van der Waals surface area contributed by atoms with Crippen molar-refractivity contribution in [3.8, 4) is 0 Å². The van der Waals surface area contributed by atoms with E-state index < -0.39 is 0 Å². The summed E-state index contributed by atoms with van der Waals surface area (Å²) in [5, 5.41) is 0. The second-order valence-corrected chi connectivity index (χ2v) is 6.25. The van der Waals surface area contributed by atoms with Crippen molar-refractivity contribution in [1.29, 1.82) is 0 Å². The van der Waals surface area contributed by atoms with Crippen LogP contribution in [0.1, 0.15) is 63.0 Å². The highest BCUT2D eigenvalue weighted by molar-refractivity contribution is 5.95. The van der Waals surface area contributed by atoms with Gasteiger partial charge in [0.05, 0.1) is 0 Å². The molecule has 0 aromatic carbocycles. The fourth-order valence-corrected chi connectivity index (χ4v) is 2.24. The van der Waals surface area contributed by atoms with Gasteiger partial charge in [0.15, 0.2) is 0 Å². The van der Waals surface area contributed by atoms with Crippen LogP contribution < -0.4 is 5.73 Å². The largest absolute Gasteiger partial charge is 0.384 e. The molecular formula is C16H27N3O. The molecule has 2 N–H and O–H groups in total. The first-order chi connectivity index (χ1) is 9.22. The van der Waals surface area contributed by atoms with Crippen molar-refractivity contribution >= 4 is 11.7 Å². The summed E-state index contributed by atoms with van der Waals surface area (Å²) < 4.78 is 0. The summed E-state index contributed by atoms with van der Waals surface area (Å²) in [6.07, 6.45) is 0.986. The number of nitrogens with zero attached hydrogens (tertiary/aromatic N) is 2. The van der Waals surface area contributed by atoms with Gasteiger partial charge in [-0.3, -0.25) is 4.79 Å². The van der Waals surface area contributed by atoms with Crippen LogP contribution in [0.2, 0.25) is 0 Å². The van der Waals surface area contributed by atoms with Gasteiger partial charge in [-0.25, -0.2) is 4.98 Å². The van der Waals surface area contributed by atoms with Gasteiger partial charge in [0, 0.05) is 24.3 Å². The monoisotopic (exact) mass is 277 g/mol. The molecular weight excluding hydrogens is 250 g/mol. The molecule has 1 unspecified atom stereocenters. The second kappa shape index (κ2) is 6.73. The van der Waals surface area contributed by atoms with Gasteiger partial charge in [-0.15, -0.1) is 0 Å². The van der Waals surface area contributed by atoms with E-state index in [-0.39, 0.29) is 17.9 Å². The lowest BCUT2D eigenvalue weighted by atomic mass is 10.0. The smallest absolute Gasteiger partial charge is 0.254 e. The maximum atomic E-state index is 12.5. The molecule has 0 radical (unpaired) electrons. The molecule has 0 aliphatic rings. The molecule has 20 heavy (non-hydrogen) atoms. The highest BCUT2D eigenvalue weighted by Gasteiger charge is 2.19. The minimum absolute atomic E-state index is 0.00847. The fourth-order valence-electron chi connectivity index (χ4n) is 2.24. The maximum absolute atomic E-state index is 12.5. The minimum Gasteiger partial charge on any atom is -0.384 e. The molecule has 0 fully saturated rings. The number of carbonyl (C=O) groups excluding carboxylic acids is 1. The number of hydrogen-bond acceptors (Lipinski definition) is 3. The van der Waals surface area contributed by atoms with E-state index in [1.807, 2.05) is 27.0 Å². The third-order valence-electron chi connectivity index (χ3n) is 3.50. The molecule has 4 nitrogen and oxygen atoms in total. The molecule has 4 heteroatoms. The molecule has 1 amide bonds. The standard InChI is InChI=1S/C16H27N3O/c1-10(2)7-12(5)19(6)16(20)13-8-14(11(3)4)18-15(17)9-13/h8-12H,7H2,1-6H3,(H2,17,18). The Balaban J connectivity index is 2.96. The first-order valence-corrected chi connectivity index (χ1v) is 7.27. The number of aromatic nitrogens is 1. The summed E-state index contributed by atoms with van der Waals surface area (Å²) in [4.78, 5) is 18.6. The van der Waals surface area contributed by atoms with E-state index in [0.29, 0.717) is 17.3 Å². The van der Waals surface area contributed by atoms with Crippen molar-refractivity contribution in [1.82, 2.24) is 9.88 Å². The summed E-state index contributed by atoms with van der Waals surface area (Å²) in [5.41, 5.74) is 7.29. The van der Waals surface area contributed by atoms with Crippen molar-refractivity contribution in [2.24, 2.45) is 5.92 Å². The first-order valence-electron chi connectivity index (χ1n) is 7.27. The van der Waals surface area contributed by atoms with Crippen LogP contribution in [-0.2, 0) is 0 Å². The number of nitrogens with two attached hydrogens (primary N) is 1. The van der Waals surface area contributed by atoms with Crippen molar-refractivity contribution < 1.29 is 4.79 Å². The number of amides is 1. The fraction of sp³-hybridized carbons (Fsp3) is 0.625. The Hall–Kier alpha value is -1.58. The Bertz CT molecular complexity index is 469. The van der Waals surface area contributed by atoms with Gasteiger partial charge in [0.25, 0.3) is 5.91 Å². The Morgan fingerprint density at radius 1 is 1.25 bits per heavy atom. The maximum Gasteiger partial charge on any atom is 0.254 e. The Kier molecular flexibility index (Phi) is 5.54. The summed E-state index contributed by atoms with van der Waals surface area (Å²) in [6, 6.07) is 3.72. The van der Waals surface area contributed by atoms with Crippen LogP contribution in [-0.4, -0.2) is 28.9 Å². The minimum atomic E-state index is 0.00847. The molecule has 0 bridgehead atoms. The molecule has 1 atom stereocenters. The lowest BCUT2D eigenvalue weighted by molar-refractivity contribution is 0.0728. The molecule has 1 heterocycles. The SMILES string of the molecule is CC(C)CC(C)N(C)C(=O)c1cc(N)nc(C(C)C)c1. The zero-order valence-corrected chi connectivity index (χ0v) is 13.5. The van der Waals surface area contributed by atoms with Crippen molar-refractivity contribution in [2.75, 3.05) is 12.8 Å². The van der Waals surface area contributed by atoms with Crippen molar-refractivity contribution in [3.63, 3.8) is 0 Å². The van der Waals surface area contributed by atoms with E-state index in [4.69, 9.17) is 5.73 Å². The highest BCUT2D eigenvalue weighted by atomic mass is 16.2. The Morgan fingerprint density at radius 2 is 1.85 bits per heavy atom. The Morgan fingerprint density at radius 3 is 2.35 bits per heavy atom. The van der Waals surface area contributed by atoms with E-state index >= 15 is 0 Å². The van der Waals surface area contributed by atoms with Gasteiger partial charge >= 0.3 is 0 Å². The van der Waals surface area contributed by atoms with Crippen LogP contribution in [0.15, 0.2) is 12.1 Å². The molecule has 1 rings (SSSR count). The highest BCUT2D eigenvalue weighted by Crippen LogP contribution is 2.19. The van der Waals surface area contributed by atoms with E-state index in [0.717, 1.165) is 12.1 Å². The number of nitrogen functional groups attached to an aromatic ring is 1. The molecule has 1 aromatic rings. The lowest BCUT2D eigenvalue weighted by Crippen LogP contribution is -2.36. The normalized spacial score (nSPS) is 12.8. The Labute approximate surface area is 122 Å². The van der Waals surface area contributed by atoms with E-state index in [2.05, 4.69) is 25.8 Å². The number of carbonyl (C=O) groups is 1. The average molecular weight is 277 g/mol. The van der Waals surface area contributed by atoms with Gasteiger partial charge < -0.3 is 10.6 Å². The molecule has 0 aliphatic heterocycles. The first kappa shape index (κ1) is 16.5. The number of anilines is 1. The predicted molar refractivity (Wildman–Crippen MR) is 83.7 cm³/mol. The molecule has 0 aliphatic carbocycles. The predicted octanol–water partition coefficient (Wildman–Crippen LogP) is 3.29. The number of rotatable bonds is 5. The summed E-state index contributed by atoms with van der Waals surface area (Å²) in [7, 11) is 1.85. The van der Waals surface area contributed by atoms with Gasteiger partial charge in [-0.05, 0) is 37.3 Å². The number of pyridine rings is 1. The van der Waals surface area contributed by atoms with E-state index in [1.165, 1.54) is 0 Å². The van der Waals surface area contributed by atoms with Crippen LogP contribution in [0, 0.1) is 5.92 Å². The molecule has 0 saturated carbocycles. The quantitative estimate of drug-likeness (QED) is 0.898. The van der Waals surface area contributed by atoms with Crippen molar-refractivity contribution in [2.45, 2.75) is 53.0 Å². The topological polar surface area (TPSA) is 59.2 Å². The van der Waals surface area contributed by atoms with Crippen LogP contribution in [0.4, 0.5) is 5.82 Å². The van der Waals surface area contributed by atoms with Crippen LogP contribution >= 0.6 is 0 Å². The van der Waals surface area contributed by atoms with Crippen LogP contribution in [0.3, 0.4) is 0 Å². The third-order valence-corrected chi connectivity index (χ3v) is 3.50. The summed E-state index contributed by atoms with van der Waals surface area (Å²) in [5.74, 6) is 1.23. The summed E-state index contributed by atoms with van der Waals surface area (Å²) in [6.45, 7) is 10.5. The van der Waals surface area contributed by atoms with Gasteiger partial charge in [0.2, 0.25) is 0 Å². The van der Waals surface area contributed by atoms with E-state index in [9.17, 15) is 4.79 Å². The van der Waals surface area contributed by atoms with Crippen LogP contribution in [0.25, 0.3) is 0 Å². The lowest BCUT2D eigenvalue weighted by Gasteiger charge is -2.26. The summed E-state index contributed by atoms with van der Waals surface area (Å²) >= 11 is 0. The van der Waals surface area contributed by atoms with Crippen LogP contribution in [0.5, 0.6) is 0 Å². The third kappa shape index (κ3) is 4.22. The average Bonchev–Trinajstić information content (AvgIpc) is 2.35. The van der Waals surface area contributed by atoms with Gasteiger partial charge in [-0.2, -0.15) is 0 Å². The molecule has 1 aromatic heterocycles. The zero-order valence-electron chi connectivity index (χ0n) is 13.5. The van der Waals surface area contributed by atoms with E-state index in [1.54, 1.807) is 11.0 Å². The molecule has 0 saturated heterocycles. The zero-order chi connectivity index (χ0) is 15.4.